The number of methoxy groups -OCH3 is 1. The van der Waals surface area contributed by atoms with E-state index in [1.54, 1.807) is 0 Å². The zero-order chi connectivity index (χ0) is 14.8. The summed E-state index contributed by atoms with van der Waals surface area (Å²) in [5.41, 5.74) is 0.433. The van der Waals surface area contributed by atoms with Crippen molar-refractivity contribution in [1.29, 1.82) is 0 Å². The summed E-state index contributed by atoms with van der Waals surface area (Å²) in [7, 11) is 1.81. The standard InChI is InChI=1S/C17H35NO2/c1-17(2,3)15-16(8-12-19-4)7-5-6-9-18-10-13-20-14-11-18/h16H,5-15H2,1-4H3/t16-/m0/s1. The molecule has 0 bridgehead atoms. The molecule has 1 saturated heterocycles. The number of ether oxygens (including phenoxy) is 2. The van der Waals surface area contributed by atoms with E-state index in [0.717, 1.165) is 38.8 Å². The second-order valence-electron chi connectivity index (χ2n) is 7.36. The van der Waals surface area contributed by atoms with Crippen LogP contribution in [0.25, 0.3) is 0 Å². The number of rotatable bonds is 9. The first kappa shape index (κ1) is 17.9. The summed E-state index contributed by atoms with van der Waals surface area (Å²) in [5.74, 6) is 0.819. The lowest BCUT2D eigenvalue weighted by Gasteiger charge is -2.28. The Kier molecular flexibility index (Phi) is 8.74. The number of nitrogens with zero attached hydrogens (tertiary/aromatic N) is 1. The van der Waals surface area contributed by atoms with Crippen LogP contribution in [-0.2, 0) is 9.47 Å². The van der Waals surface area contributed by atoms with Crippen LogP contribution < -0.4 is 0 Å². The maximum absolute atomic E-state index is 5.39. The van der Waals surface area contributed by atoms with E-state index in [2.05, 4.69) is 25.7 Å². The van der Waals surface area contributed by atoms with Crippen LogP contribution in [0, 0.1) is 11.3 Å². The molecule has 3 heteroatoms. The van der Waals surface area contributed by atoms with Gasteiger partial charge in [0.2, 0.25) is 0 Å². The van der Waals surface area contributed by atoms with Crippen molar-refractivity contribution in [1.82, 2.24) is 4.90 Å². The summed E-state index contributed by atoms with van der Waals surface area (Å²) in [4.78, 5) is 2.54. The maximum atomic E-state index is 5.39. The summed E-state index contributed by atoms with van der Waals surface area (Å²) in [6.07, 6.45) is 6.56. The minimum atomic E-state index is 0.433. The average molecular weight is 285 g/mol. The van der Waals surface area contributed by atoms with Gasteiger partial charge in [-0.25, -0.2) is 0 Å². The molecule has 120 valence electrons. The van der Waals surface area contributed by atoms with E-state index in [1.807, 2.05) is 7.11 Å². The Labute approximate surface area is 126 Å². The highest BCUT2D eigenvalue weighted by atomic mass is 16.5. The summed E-state index contributed by atoms with van der Waals surface area (Å²) < 4.78 is 10.7. The Morgan fingerprint density at radius 2 is 1.80 bits per heavy atom. The minimum absolute atomic E-state index is 0.433. The molecule has 0 N–H and O–H groups in total. The van der Waals surface area contributed by atoms with Crippen molar-refractivity contribution in [3.63, 3.8) is 0 Å². The van der Waals surface area contributed by atoms with E-state index < -0.39 is 0 Å². The molecule has 1 heterocycles. The fourth-order valence-electron chi connectivity index (χ4n) is 3.09. The van der Waals surface area contributed by atoms with Crippen molar-refractivity contribution < 1.29 is 9.47 Å². The Bertz CT molecular complexity index is 232. The average Bonchev–Trinajstić information content (AvgIpc) is 2.40. The molecule has 0 radical (unpaired) electrons. The molecular formula is C17H35NO2. The van der Waals surface area contributed by atoms with E-state index in [-0.39, 0.29) is 0 Å². The molecule has 0 amide bonds. The zero-order valence-electron chi connectivity index (χ0n) is 14.1. The second-order valence-corrected chi connectivity index (χ2v) is 7.36. The molecular weight excluding hydrogens is 250 g/mol. The second kappa shape index (κ2) is 9.75. The molecule has 0 aromatic carbocycles. The molecule has 0 unspecified atom stereocenters. The zero-order valence-corrected chi connectivity index (χ0v) is 14.1. The SMILES string of the molecule is COCC[C@H](CCCCN1CCOCC1)CC(C)(C)C. The van der Waals surface area contributed by atoms with Gasteiger partial charge in [0.05, 0.1) is 13.2 Å². The molecule has 20 heavy (non-hydrogen) atoms. The highest BCUT2D eigenvalue weighted by Gasteiger charge is 2.18. The van der Waals surface area contributed by atoms with Gasteiger partial charge in [0.15, 0.2) is 0 Å². The van der Waals surface area contributed by atoms with Crippen LogP contribution in [0.15, 0.2) is 0 Å². The normalized spacial score (nSPS) is 19.2. The van der Waals surface area contributed by atoms with Gasteiger partial charge in [0.25, 0.3) is 0 Å². The predicted octanol–water partition coefficient (Wildman–Crippen LogP) is 3.58. The van der Waals surface area contributed by atoms with Gasteiger partial charge < -0.3 is 9.47 Å². The molecule has 1 aliphatic rings. The Morgan fingerprint density at radius 3 is 2.40 bits per heavy atom. The van der Waals surface area contributed by atoms with Crippen LogP contribution in [0.1, 0.15) is 52.9 Å². The Hall–Kier alpha value is -0.120. The van der Waals surface area contributed by atoms with Crippen molar-refractivity contribution in [3.8, 4) is 0 Å². The monoisotopic (exact) mass is 285 g/mol. The highest BCUT2D eigenvalue weighted by Crippen LogP contribution is 2.29. The van der Waals surface area contributed by atoms with E-state index in [0.29, 0.717) is 5.41 Å². The van der Waals surface area contributed by atoms with E-state index >= 15 is 0 Å². The first-order valence-corrected chi connectivity index (χ1v) is 8.30. The van der Waals surface area contributed by atoms with Gasteiger partial charge in [-0.15, -0.1) is 0 Å². The van der Waals surface area contributed by atoms with Crippen molar-refractivity contribution in [2.24, 2.45) is 11.3 Å². The van der Waals surface area contributed by atoms with Gasteiger partial charge in [0.1, 0.15) is 0 Å². The van der Waals surface area contributed by atoms with Crippen molar-refractivity contribution in [3.05, 3.63) is 0 Å². The summed E-state index contributed by atoms with van der Waals surface area (Å²) in [6, 6.07) is 0. The van der Waals surface area contributed by atoms with Crippen LogP contribution >= 0.6 is 0 Å². The summed E-state index contributed by atoms with van der Waals surface area (Å²) >= 11 is 0. The van der Waals surface area contributed by atoms with Crippen molar-refractivity contribution in [2.75, 3.05) is 46.6 Å². The van der Waals surface area contributed by atoms with Gasteiger partial charge in [0, 0.05) is 26.8 Å². The van der Waals surface area contributed by atoms with Gasteiger partial charge in [-0.05, 0) is 37.1 Å². The number of hydrogen-bond donors (Lipinski definition) is 0. The van der Waals surface area contributed by atoms with Gasteiger partial charge >= 0.3 is 0 Å². The quantitative estimate of drug-likeness (QED) is 0.604. The highest BCUT2D eigenvalue weighted by molar-refractivity contribution is 4.70. The third-order valence-electron chi connectivity index (χ3n) is 4.07. The first-order chi connectivity index (χ1) is 9.51. The third kappa shape index (κ3) is 8.93. The fourth-order valence-corrected chi connectivity index (χ4v) is 3.09. The molecule has 0 aromatic rings. The van der Waals surface area contributed by atoms with Gasteiger partial charge in [-0.2, -0.15) is 0 Å². The molecule has 1 aliphatic heterocycles. The molecule has 1 atom stereocenters. The molecule has 1 rings (SSSR count). The fraction of sp³-hybridized carbons (Fsp3) is 1.00. The maximum Gasteiger partial charge on any atom is 0.0594 e. The Morgan fingerprint density at radius 1 is 1.10 bits per heavy atom. The van der Waals surface area contributed by atoms with Crippen LogP contribution in [0.5, 0.6) is 0 Å². The van der Waals surface area contributed by atoms with Crippen LogP contribution in [0.3, 0.4) is 0 Å². The lowest BCUT2D eigenvalue weighted by Crippen LogP contribution is -2.36. The van der Waals surface area contributed by atoms with E-state index in [4.69, 9.17) is 9.47 Å². The lowest BCUT2D eigenvalue weighted by molar-refractivity contribution is 0.0368. The first-order valence-electron chi connectivity index (χ1n) is 8.30. The van der Waals surface area contributed by atoms with Crippen LogP contribution in [0.2, 0.25) is 0 Å². The smallest absolute Gasteiger partial charge is 0.0594 e. The number of unbranched alkanes of at least 4 members (excludes halogenated alkanes) is 1. The van der Waals surface area contributed by atoms with E-state index in [1.165, 1.54) is 38.6 Å². The molecule has 3 nitrogen and oxygen atoms in total. The summed E-state index contributed by atoms with van der Waals surface area (Å²) in [6.45, 7) is 13.3. The predicted molar refractivity (Wildman–Crippen MR) is 85.2 cm³/mol. The Balaban J connectivity index is 2.16. The third-order valence-corrected chi connectivity index (χ3v) is 4.07. The molecule has 0 aliphatic carbocycles. The molecule has 0 aromatic heterocycles. The van der Waals surface area contributed by atoms with Gasteiger partial charge in [-0.1, -0.05) is 33.6 Å². The molecule has 0 saturated carbocycles. The van der Waals surface area contributed by atoms with Crippen LogP contribution in [-0.4, -0.2) is 51.5 Å². The largest absolute Gasteiger partial charge is 0.385 e. The lowest BCUT2D eigenvalue weighted by atomic mass is 9.81. The van der Waals surface area contributed by atoms with Crippen molar-refractivity contribution >= 4 is 0 Å². The number of hydrogen-bond acceptors (Lipinski definition) is 3. The van der Waals surface area contributed by atoms with E-state index in [9.17, 15) is 0 Å². The van der Waals surface area contributed by atoms with Gasteiger partial charge in [-0.3, -0.25) is 4.90 Å². The topological polar surface area (TPSA) is 21.7 Å². The number of morpholine rings is 1. The summed E-state index contributed by atoms with van der Waals surface area (Å²) in [5, 5.41) is 0. The minimum Gasteiger partial charge on any atom is -0.385 e. The van der Waals surface area contributed by atoms with Crippen molar-refractivity contribution in [2.45, 2.75) is 52.9 Å². The van der Waals surface area contributed by atoms with Crippen LogP contribution in [0.4, 0.5) is 0 Å². The molecule has 1 fully saturated rings. The molecule has 0 spiro atoms.